The summed E-state index contributed by atoms with van der Waals surface area (Å²) in [7, 11) is 0. The Balaban J connectivity index is 1.44. The predicted molar refractivity (Wildman–Crippen MR) is 91.9 cm³/mol. The summed E-state index contributed by atoms with van der Waals surface area (Å²) < 4.78 is 5.38. The number of aryl methyl sites for hydroxylation is 1. The Morgan fingerprint density at radius 2 is 2.30 bits per heavy atom. The summed E-state index contributed by atoms with van der Waals surface area (Å²) in [4.78, 5) is 6.92. The minimum absolute atomic E-state index is 0.638. The van der Waals surface area contributed by atoms with Gasteiger partial charge in [-0.15, -0.1) is 10.2 Å². The first-order valence-electron chi connectivity index (χ1n) is 8.08. The highest BCUT2D eigenvalue weighted by atomic mass is 32.1. The molecule has 0 saturated carbocycles. The zero-order chi connectivity index (χ0) is 16.1. The number of anilines is 1. The summed E-state index contributed by atoms with van der Waals surface area (Å²) in [5.41, 5.74) is 1.05. The van der Waals surface area contributed by atoms with Crippen LogP contribution in [0, 0.1) is 12.8 Å². The molecule has 0 spiro atoms. The van der Waals surface area contributed by atoms with E-state index in [2.05, 4.69) is 25.4 Å². The van der Waals surface area contributed by atoms with Gasteiger partial charge in [0.15, 0.2) is 0 Å². The quantitative estimate of drug-likeness (QED) is 0.840. The first kappa shape index (κ1) is 16.1. The Labute approximate surface area is 140 Å². The Morgan fingerprint density at radius 3 is 3.13 bits per heavy atom. The average molecular weight is 333 g/mol. The first-order chi connectivity index (χ1) is 11.2. The molecule has 1 aliphatic heterocycles. The highest BCUT2D eigenvalue weighted by Gasteiger charge is 2.23. The van der Waals surface area contributed by atoms with Crippen LogP contribution in [0.15, 0.2) is 18.2 Å². The predicted octanol–water partition coefficient (Wildman–Crippen LogP) is 2.57. The fourth-order valence-corrected chi connectivity index (χ4v) is 3.58. The van der Waals surface area contributed by atoms with Crippen LogP contribution < -0.4 is 10.1 Å². The maximum atomic E-state index is 5.38. The highest BCUT2D eigenvalue weighted by molar-refractivity contribution is 7.13. The van der Waals surface area contributed by atoms with E-state index in [1.54, 1.807) is 11.3 Å². The normalized spacial score (nSPS) is 18.3. The summed E-state index contributed by atoms with van der Waals surface area (Å²) in [6, 6.07) is 6.08. The number of hydrogen-bond acceptors (Lipinski definition) is 7. The molecular formula is C16H23N5OS. The number of likely N-dealkylation sites (tertiary alicyclic amines) is 1. The van der Waals surface area contributed by atoms with E-state index in [9.17, 15) is 0 Å². The lowest BCUT2D eigenvalue weighted by Gasteiger charge is -2.15. The highest BCUT2D eigenvalue weighted by Crippen LogP contribution is 2.23. The molecule has 2 aromatic rings. The average Bonchev–Trinajstić information content (AvgIpc) is 3.16. The van der Waals surface area contributed by atoms with Gasteiger partial charge in [-0.25, -0.2) is 4.98 Å². The van der Waals surface area contributed by atoms with E-state index in [0.29, 0.717) is 17.7 Å². The molecule has 1 atom stereocenters. The van der Waals surface area contributed by atoms with Gasteiger partial charge in [-0.2, -0.15) is 0 Å². The van der Waals surface area contributed by atoms with Gasteiger partial charge >= 0.3 is 0 Å². The van der Waals surface area contributed by atoms with Crippen molar-refractivity contribution in [1.82, 2.24) is 20.1 Å². The number of ether oxygens (including phenoxy) is 1. The molecule has 1 fully saturated rings. The summed E-state index contributed by atoms with van der Waals surface area (Å²) >= 11 is 1.55. The van der Waals surface area contributed by atoms with Crippen LogP contribution in [-0.4, -0.2) is 46.3 Å². The third-order valence-electron chi connectivity index (χ3n) is 3.91. The van der Waals surface area contributed by atoms with Gasteiger partial charge in [0, 0.05) is 18.8 Å². The molecule has 1 saturated heterocycles. The van der Waals surface area contributed by atoms with E-state index in [0.717, 1.165) is 42.7 Å². The van der Waals surface area contributed by atoms with Crippen LogP contribution in [0.1, 0.15) is 24.0 Å². The molecule has 6 nitrogen and oxygen atoms in total. The van der Waals surface area contributed by atoms with Crippen molar-refractivity contribution in [3.63, 3.8) is 0 Å². The Hall–Kier alpha value is -1.73. The largest absolute Gasteiger partial charge is 0.469 e. The molecule has 0 aliphatic carbocycles. The van der Waals surface area contributed by atoms with E-state index >= 15 is 0 Å². The molecule has 0 unspecified atom stereocenters. The van der Waals surface area contributed by atoms with Gasteiger partial charge in [0.2, 0.25) is 0 Å². The summed E-state index contributed by atoms with van der Waals surface area (Å²) in [5, 5.41) is 13.4. The lowest BCUT2D eigenvalue weighted by Crippen LogP contribution is -2.22. The zero-order valence-corrected chi connectivity index (χ0v) is 14.5. The van der Waals surface area contributed by atoms with Gasteiger partial charge in [-0.1, -0.05) is 17.4 Å². The topological polar surface area (TPSA) is 63.2 Å². The van der Waals surface area contributed by atoms with Crippen LogP contribution in [0.5, 0.6) is 5.19 Å². The van der Waals surface area contributed by atoms with E-state index < -0.39 is 0 Å². The van der Waals surface area contributed by atoms with Gasteiger partial charge in [0.25, 0.3) is 5.19 Å². The molecule has 0 amide bonds. The molecule has 0 bridgehead atoms. The van der Waals surface area contributed by atoms with Gasteiger partial charge in [-0.3, -0.25) is 4.90 Å². The lowest BCUT2D eigenvalue weighted by atomic mass is 10.1. The van der Waals surface area contributed by atoms with E-state index in [1.807, 2.05) is 32.0 Å². The molecule has 23 heavy (non-hydrogen) atoms. The van der Waals surface area contributed by atoms with Crippen LogP contribution in [0.3, 0.4) is 0 Å². The van der Waals surface area contributed by atoms with E-state index in [1.165, 1.54) is 6.42 Å². The van der Waals surface area contributed by atoms with E-state index in [4.69, 9.17) is 4.74 Å². The van der Waals surface area contributed by atoms with Crippen molar-refractivity contribution in [3.8, 4) is 5.19 Å². The Kier molecular flexibility index (Phi) is 5.40. The van der Waals surface area contributed by atoms with Gasteiger partial charge < -0.3 is 10.1 Å². The number of nitrogens with zero attached hydrogens (tertiary/aromatic N) is 4. The number of pyridine rings is 1. The van der Waals surface area contributed by atoms with Crippen LogP contribution in [-0.2, 0) is 6.54 Å². The molecule has 1 N–H and O–H groups in total. The van der Waals surface area contributed by atoms with Crippen molar-refractivity contribution < 1.29 is 4.74 Å². The summed E-state index contributed by atoms with van der Waals surface area (Å²) in [6.07, 6.45) is 1.20. The standard InChI is InChI=1S/C16H23N5OS/c1-3-22-16-20-19-15(23-16)11-21-8-7-13(10-21)9-17-14-6-4-5-12(2)18-14/h4-6,13H,3,7-11H2,1-2H3,(H,17,18)/t13-/m1/s1. The van der Waals surface area contributed by atoms with Crippen molar-refractivity contribution in [3.05, 3.63) is 28.9 Å². The molecule has 1 aliphatic rings. The molecule has 2 aromatic heterocycles. The SMILES string of the molecule is CCOc1nnc(CN2CC[C@H](CNc3cccc(C)n3)C2)s1. The van der Waals surface area contributed by atoms with Crippen LogP contribution in [0.2, 0.25) is 0 Å². The number of nitrogens with one attached hydrogen (secondary N) is 1. The lowest BCUT2D eigenvalue weighted by molar-refractivity contribution is 0.317. The van der Waals surface area contributed by atoms with Crippen molar-refractivity contribution in [1.29, 1.82) is 0 Å². The molecule has 0 aromatic carbocycles. The van der Waals surface area contributed by atoms with Crippen molar-refractivity contribution in [2.24, 2.45) is 5.92 Å². The summed E-state index contributed by atoms with van der Waals surface area (Å²) in [6.45, 7) is 8.64. The maximum Gasteiger partial charge on any atom is 0.294 e. The molecular weight excluding hydrogens is 310 g/mol. The fraction of sp³-hybridized carbons (Fsp3) is 0.562. The van der Waals surface area contributed by atoms with Crippen molar-refractivity contribution >= 4 is 17.2 Å². The maximum absolute atomic E-state index is 5.38. The van der Waals surface area contributed by atoms with Crippen molar-refractivity contribution in [2.75, 3.05) is 31.6 Å². The molecule has 7 heteroatoms. The molecule has 0 radical (unpaired) electrons. The van der Waals surface area contributed by atoms with E-state index in [-0.39, 0.29) is 0 Å². The van der Waals surface area contributed by atoms with Gasteiger partial charge in [0.1, 0.15) is 10.8 Å². The third-order valence-corrected chi connectivity index (χ3v) is 4.73. The Bertz CT molecular complexity index is 632. The first-order valence-corrected chi connectivity index (χ1v) is 8.89. The number of rotatable bonds is 7. The monoisotopic (exact) mass is 333 g/mol. The minimum Gasteiger partial charge on any atom is -0.469 e. The minimum atomic E-state index is 0.638. The fourth-order valence-electron chi connectivity index (χ4n) is 2.79. The van der Waals surface area contributed by atoms with Crippen molar-refractivity contribution in [2.45, 2.75) is 26.8 Å². The summed E-state index contributed by atoms with van der Waals surface area (Å²) in [5.74, 6) is 1.62. The number of hydrogen-bond donors (Lipinski definition) is 1. The van der Waals surface area contributed by atoms with Crippen LogP contribution in [0.4, 0.5) is 5.82 Å². The molecule has 124 valence electrons. The molecule has 3 rings (SSSR count). The Morgan fingerprint density at radius 1 is 1.39 bits per heavy atom. The second-order valence-electron chi connectivity index (χ2n) is 5.83. The van der Waals surface area contributed by atoms with Gasteiger partial charge in [0.05, 0.1) is 13.2 Å². The van der Waals surface area contributed by atoms with Crippen LogP contribution in [0.25, 0.3) is 0 Å². The second kappa shape index (κ2) is 7.70. The third kappa shape index (κ3) is 4.62. The van der Waals surface area contributed by atoms with Crippen LogP contribution >= 0.6 is 11.3 Å². The van der Waals surface area contributed by atoms with Gasteiger partial charge in [-0.05, 0) is 44.9 Å². The number of aromatic nitrogens is 3. The molecule has 3 heterocycles. The second-order valence-corrected chi connectivity index (χ2v) is 6.85. The smallest absolute Gasteiger partial charge is 0.294 e. The zero-order valence-electron chi connectivity index (χ0n) is 13.7.